The molecule has 1 amide bonds. The number of rotatable bonds is 17. The summed E-state index contributed by atoms with van der Waals surface area (Å²) in [6.45, 7) is 4.68. The fraction of sp³-hybridized carbons (Fsp3) is 0.286. The second kappa shape index (κ2) is 19.1. The number of ether oxygens (including phenoxy) is 1. The van der Waals surface area contributed by atoms with E-state index in [1.54, 1.807) is 49.3 Å². The third-order valence-corrected chi connectivity index (χ3v) is 12.2. The van der Waals surface area contributed by atoms with E-state index in [4.69, 9.17) is 4.74 Å². The topological polar surface area (TPSA) is 150 Å². The van der Waals surface area contributed by atoms with Gasteiger partial charge < -0.3 is 19.9 Å². The van der Waals surface area contributed by atoms with Gasteiger partial charge in [-0.25, -0.2) is 13.1 Å². The van der Waals surface area contributed by atoms with Crippen molar-refractivity contribution in [3.63, 3.8) is 0 Å². The van der Waals surface area contributed by atoms with Crippen molar-refractivity contribution in [1.29, 1.82) is 0 Å². The second-order valence-electron chi connectivity index (χ2n) is 14.0. The number of carbonyl (C=O) groups is 1. The molecule has 0 saturated carbocycles. The second-order valence-corrected chi connectivity index (χ2v) is 16.8. The van der Waals surface area contributed by atoms with Crippen LogP contribution in [-0.2, 0) is 16.6 Å². The number of sulfonamides is 1. The third kappa shape index (κ3) is 11.1. The molecule has 1 aliphatic rings. The number of benzene rings is 4. The summed E-state index contributed by atoms with van der Waals surface area (Å²) in [6.07, 6.45) is 2.51. The molecule has 4 aromatic carbocycles. The van der Waals surface area contributed by atoms with Gasteiger partial charge >= 0.3 is 0 Å². The fourth-order valence-electron chi connectivity index (χ4n) is 6.54. The number of nitro groups is 1. The van der Waals surface area contributed by atoms with Gasteiger partial charge in [0.05, 0.1) is 22.6 Å². The molecule has 0 radical (unpaired) electrons. The van der Waals surface area contributed by atoms with E-state index >= 15 is 0 Å². The molecule has 1 saturated heterocycles. The molecule has 298 valence electrons. The average molecular weight is 810 g/mol. The van der Waals surface area contributed by atoms with Gasteiger partial charge in [-0.15, -0.1) is 11.8 Å². The van der Waals surface area contributed by atoms with E-state index in [0.717, 1.165) is 78.5 Å². The van der Waals surface area contributed by atoms with Gasteiger partial charge in [0.2, 0.25) is 0 Å². The molecule has 0 spiro atoms. The molecule has 1 atom stereocenters. The summed E-state index contributed by atoms with van der Waals surface area (Å²) in [7, 11) is 1.13. The van der Waals surface area contributed by atoms with Crippen LogP contribution in [0, 0.1) is 10.1 Å². The third-order valence-electron chi connectivity index (χ3n) is 9.70. The molecule has 0 aliphatic carbocycles. The predicted molar refractivity (Wildman–Crippen MR) is 226 cm³/mol. The highest BCUT2D eigenvalue weighted by molar-refractivity contribution is 7.99. The maximum atomic E-state index is 13.4. The Hall–Kier alpha value is -5.48. The minimum atomic E-state index is -4.43. The van der Waals surface area contributed by atoms with Gasteiger partial charge in [0, 0.05) is 78.5 Å². The van der Waals surface area contributed by atoms with Gasteiger partial charge in [-0.05, 0) is 111 Å². The van der Waals surface area contributed by atoms with Crippen molar-refractivity contribution in [2.45, 2.75) is 28.8 Å². The number of hydrogen-bond acceptors (Lipinski definition) is 12. The van der Waals surface area contributed by atoms with Crippen LogP contribution in [0.5, 0.6) is 5.75 Å². The minimum absolute atomic E-state index is 0.142. The molecule has 1 fully saturated rings. The lowest BCUT2D eigenvalue weighted by Gasteiger charge is -2.36. The zero-order chi connectivity index (χ0) is 40.4. The summed E-state index contributed by atoms with van der Waals surface area (Å²) in [6, 6.07) is 32.1. The maximum Gasteiger partial charge on any atom is 0.293 e. The molecular weight excluding hydrogens is 763 g/mol. The summed E-state index contributed by atoms with van der Waals surface area (Å²) in [5, 5.41) is 15.4. The van der Waals surface area contributed by atoms with Crippen LogP contribution in [0.25, 0.3) is 11.3 Å². The molecule has 5 aromatic rings. The normalized spacial score (nSPS) is 13.9. The number of hydrogen-bond donors (Lipinski definition) is 2. The van der Waals surface area contributed by atoms with Crippen LogP contribution in [-0.4, -0.2) is 99.8 Å². The first-order chi connectivity index (χ1) is 27.5. The van der Waals surface area contributed by atoms with Crippen LogP contribution in [0.2, 0.25) is 0 Å². The largest absolute Gasteiger partial charge is 0.497 e. The number of anilines is 2. The first-order valence-corrected chi connectivity index (χ1v) is 21.1. The lowest BCUT2D eigenvalue weighted by atomic mass is 10.0. The zero-order valence-corrected chi connectivity index (χ0v) is 33.8. The fourth-order valence-corrected chi connectivity index (χ4v) is 8.53. The van der Waals surface area contributed by atoms with Crippen LogP contribution < -0.4 is 19.7 Å². The molecule has 1 aliphatic heterocycles. The molecule has 0 bridgehead atoms. The van der Waals surface area contributed by atoms with Gasteiger partial charge in [0.1, 0.15) is 11.4 Å². The van der Waals surface area contributed by atoms with Crippen LogP contribution in [0.1, 0.15) is 22.3 Å². The number of thioether (sulfide) groups is 1. The minimum Gasteiger partial charge on any atom is -0.497 e. The molecule has 1 aromatic heterocycles. The lowest BCUT2D eigenvalue weighted by molar-refractivity contribution is -0.384. The van der Waals surface area contributed by atoms with Gasteiger partial charge in [0.25, 0.3) is 21.6 Å². The number of piperazine rings is 1. The van der Waals surface area contributed by atoms with E-state index in [2.05, 4.69) is 30.9 Å². The van der Waals surface area contributed by atoms with Gasteiger partial charge in [-0.3, -0.25) is 24.8 Å². The summed E-state index contributed by atoms with van der Waals surface area (Å²) in [5.41, 5.74) is 3.99. The van der Waals surface area contributed by atoms with Crippen molar-refractivity contribution in [2.75, 3.05) is 69.9 Å². The standard InChI is InChI=1S/C42H47N7O6S2/c1-46(2)23-21-34(30-56-37-9-5-4-6-10-37)44-39-20-19-38(28-40(39)49(51)52)57(53,54)45-42(50)32-11-15-35(16-12-32)48-26-24-47(25-27-48)29-33-8-7-22-43-41(33)31-13-17-36(55-3)18-14-31/h4-20,22,28,34,44H,21,23-27,29-30H2,1-3H3,(H,45,50)/t34-/m1/s1. The van der Waals surface area contributed by atoms with Crippen LogP contribution >= 0.6 is 11.8 Å². The van der Waals surface area contributed by atoms with E-state index in [1.165, 1.54) is 12.1 Å². The highest BCUT2D eigenvalue weighted by atomic mass is 32.2. The Labute approximate surface area is 338 Å². The summed E-state index contributed by atoms with van der Waals surface area (Å²) in [4.78, 5) is 36.7. The van der Waals surface area contributed by atoms with Gasteiger partial charge in [-0.1, -0.05) is 24.3 Å². The number of methoxy groups -OCH3 is 1. The first kappa shape index (κ1) is 41.2. The zero-order valence-electron chi connectivity index (χ0n) is 32.2. The Morgan fingerprint density at radius 3 is 2.33 bits per heavy atom. The molecule has 57 heavy (non-hydrogen) atoms. The average Bonchev–Trinajstić information content (AvgIpc) is 3.22. The summed E-state index contributed by atoms with van der Waals surface area (Å²) in [5.74, 6) is 0.601. The van der Waals surface area contributed by atoms with Crippen molar-refractivity contribution >= 4 is 44.8 Å². The number of carbonyl (C=O) groups excluding carboxylic acids is 1. The first-order valence-electron chi connectivity index (χ1n) is 18.6. The van der Waals surface area contributed by atoms with E-state index in [9.17, 15) is 23.3 Å². The molecule has 13 nitrogen and oxygen atoms in total. The van der Waals surface area contributed by atoms with Gasteiger partial charge in [0.15, 0.2) is 0 Å². The van der Waals surface area contributed by atoms with Crippen molar-refractivity contribution in [1.82, 2.24) is 19.5 Å². The molecule has 15 heteroatoms. The number of nitrogens with one attached hydrogen (secondary N) is 2. The summed E-state index contributed by atoms with van der Waals surface area (Å²) < 4.78 is 34.1. The molecule has 2 heterocycles. The number of nitrogens with zero attached hydrogens (tertiary/aromatic N) is 5. The highest BCUT2D eigenvalue weighted by Gasteiger charge is 2.26. The quantitative estimate of drug-likeness (QED) is 0.0590. The molecule has 0 unspecified atom stereocenters. The Morgan fingerprint density at radius 2 is 1.67 bits per heavy atom. The SMILES string of the molecule is COc1ccc(-c2ncccc2CN2CCN(c3ccc(C(=O)NS(=O)(=O)c4ccc(N[C@H](CCN(C)C)CSc5ccccc5)c([N+](=O)[O-])c4)cc3)CC2)cc1. The van der Waals surface area contributed by atoms with E-state index < -0.39 is 26.5 Å². The van der Waals surface area contributed by atoms with E-state index in [1.807, 2.05) is 79.7 Å². The van der Waals surface area contributed by atoms with Crippen LogP contribution in [0.15, 0.2) is 125 Å². The maximum absolute atomic E-state index is 13.4. The van der Waals surface area contributed by atoms with Crippen molar-refractivity contribution in [3.8, 4) is 17.0 Å². The van der Waals surface area contributed by atoms with Crippen molar-refractivity contribution < 1.29 is 22.9 Å². The number of nitro benzene ring substituents is 1. The lowest BCUT2D eigenvalue weighted by Crippen LogP contribution is -2.46. The Balaban J connectivity index is 1.06. The predicted octanol–water partition coefficient (Wildman–Crippen LogP) is 6.63. The van der Waals surface area contributed by atoms with E-state index in [-0.39, 0.29) is 22.2 Å². The van der Waals surface area contributed by atoms with Gasteiger partial charge in [-0.2, -0.15) is 0 Å². The Kier molecular flexibility index (Phi) is 13.8. The molecule has 6 rings (SSSR count). The van der Waals surface area contributed by atoms with Crippen LogP contribution in [0.3, 0.4) is 0 Å². The smallest absolute Gasteiger partial charge is 0.293 e. The number of aromatic nitrogens is 1. The molecule has 2 N–H and O–H groups in total. The molecular formula is C42H47N7O6S2. The summed E-state index contributed by atoms with van der Waals surface area (Å²) >= 11 is 1.63. The monoisotopic (exact) mass is 809 g/mol. The van der Waals surface area contributed by atoms with Crippen molar-refractivity contribution in [2.24, 2.45) is 0 Å². The number of pyridine rings is 1. The Bertz CT molecular complexity index is 2230. The number of amides is 1. The van der Waals surface area contributed by atoms with Crippen molar-refractivity contribution in [3.05, 3.63) is 137 Å². The van der Waals surface area contributed by atoms with Crippen LogP contribution in [0.4, 0.5) is 17.1 Å². The highest BCUT2D eigenvalue weighted by Crippen LogP contribution is 2.31. The van der Waals surface area contributed by atoms with E-state index in [0.29, 0.717) is 12.2 Å². The Morgan fingerprint density at radius 1 is 0.947 bits per heavy atom.